The number of rotatable bonds is 8. The summed E-state index contributed by atoms with van der Waals surface area (Å²) in [6.07, 6.45) is 1.77. The summed E-state index contributed by atoms with van der Waals surface area (Å²) in [6, 6.07) is 30.8. The number of ether oxygens (including phenoxy) is 1. The Hall–Kier alpha value is -5.02. The number of halogens is 1. The fourth-order valence-electron chi connectivity index (χ4n) is 5.62. The molecule has 7 nitrogen and oxygen atoms in total. The highest BCUT2D eigenvalue weighted by molar-refractivity contribution is 7.80. The summed E-state index contributed by atoms with van der Waals surface area (Å²) in [6.45, 7) is 3.96. The molecule has 1 saturated heterocycles. The van der Waals surface area contributed by atoms with Crippen LogP contribution in [0.1, 0.15) is 34.7 Å². The normalized spacial score (nSPS) is 16.2. The molecule has 3 heterocycles. The highest BCUT2D eigenvalue weighted by atomic mass is 32.1. The fraction of sp³-hybridized carbons (Fsp3) is 0.147. The molecule has 2 atom stereocenters. The van der Waals surface area contributed by atoms with Crippen LogP contribution in [0.2, 0.25) is 0 Å². The number of para-hydroxylation sites is 1. The third kappa shape index (κ3) is 5.85. The van der Waals surface area contributed by atoms with Gasteiger partial charge in [-0.3, -0.25) is 9.78 Å². The number of aromatic nitrogens is 2. The molecule has 0 saturated carbocycles. The molecule has 0 bridgehead atoms. The van der Waals surface area contributed by atoms with E-state index in [2.05, 4.69) is 31.2 Å². The quantitative estimate of drug-likeness (QED) is 0.193. The van der Waals surface area contributed by atoms with Crippen LogP contribution < -0.4 is 20.3 Å². The van der Waals surface area contributed by atoms with E-state index in [4.69, 9.17) is 17.0 Å². The van der Waals surface area contributed by atoms with Gasteiger partial charge in [-0.1, -0.05) is 30.3 Å². The lowest BCUT2D eigenvalue weighted by Gasteiger charge is -2.28. The number of thiocarbonyl (C=S) groups is 1. The molecule has 43 heavy (non-hydrogen) atoms. The van der Waals surface area contributed by atoms with Gasteiger partial charge in [-0.15, -0.1) is 0 Å². The predicted octanol–water partition coefficient (Wildman–Crippen LogP) is 6.82. The Kier molecular flexibility index (Phi) is 7.89. The fourth-order valence-corrected chi connectivity index (χ4v) is 5.96. The average molecular weight is 592 g/mol. The van der Waals surface area contributed by atoms with E-state index in [1.165, 1.54) is 12.1 Å². The lowest BCUT2D eigenvalue weighted by atomic mass is 9.96. The van der Waals surface area contributed by atoms with Crippen molar-refractivity contribution >= 4 is 34.6 Å². The summed E-state index contributed by atoms with van der Waals surface area (Å²) in [5, 5.41) is 6.94. The van der Waals surface area contributed by atoms with Crippen molar-refractivity contribution < 1.29 is 13.9 Å². The second-order valence-electron chi connectivity index (χ2n) is 10.3. The van der Waals surface area contributed by atoms with Crippen LogP contribution in [0.4, 0.5) is 15.8 Å². The second kappa shape index (κ2) is 12.1. The maximum Gasteiger partial charge on any atom is 0.262 e. The number of benzene rings is 3. The minimum atomic E-state index is -0.290. The zero-order valence-electron chi connectivity index (χ0n) is 23.7. The summed E-state index contributed by atoms with van der Waals surface area (Å²) < 4.78 is 21.8. The van der Waals surface area contributed by atoms with E-state index in [0.717, 1.165) is 34.0 Å². The highest BCUT2D eigenvalue weighted by Crippen LogP contribution is 2.44. The number of amides is 1. The number of nitrogens with one attached hydrogen (secondary N) is 2. The standard InChI is InChI=1S/C34H30FN5O2S/c1-22-19-29(23(2)39(22)27-10-8-9-24(35)20-27)33-32(30-13-6-7-18-36-30)38-34(43)40(33)26-16-14-25(15-17-26)37-31(41)21-42-28-11-4-3-5-12-28/h3-20,32-33H,21H2,1-2H3,(H,37,41)(H,38,43)/t32-,33+/m0/s1. The van der Waals surface area contributed by atoms with Crippen molar-refractivity contribution in [2.45, 2.75) is 25.9 Å². The van der Waals surface area contributed by atoms with Gasteiger partial charge in [0.15, 0.2) is 11.7 Å². The number of carbonyl (C=O) groups excluding carboxylic acids is 1. The lowest BCUT2D eigenvalue weighted by molar-refractivity contribution is -0.118. The van der Waals surface area contributed by atoms with E-state index >= 15 is 0 Å². The molecular weight excluding hydrogens is 561 g/mol. The lowest BCUT2D eigenvalue weighted by Crippen LogP contribution is -2.29. The molecule has 0 aliphatic carbocycles. The van der Waals surface area contributed by atoms with E-state index in [1.807, 2.05) is 80.6 Å². The Bertz CT molecular complexity index is 1760. The molecule has 6 rings (SSSR count). The molecule has 0 spiro atoms. The van der Waals surface area contributed by atoms with Crippen molar-refractivity contribution in [1.29, 1.82) is 0 Å². The van der Waals surface area contributed by atoms with Gasteiger partial charge < -0.3 is 24.8 Å². The summed E-state index contributed by atoms with van der Waals surface area (Å²) >= 11 is 5.90. The molecular formula is C34H30FN5O2S. The van der Waals surface area contributed by atoms with E-state index in [1.54, 1.807) is 24.4 Å². The van der Waals surface area contributed by atoms with E-state index in [0.29, 0.717) is 16.5 Å². The average Bonchev–Trinajstić information content (AvgIpc) is 3.52. The zero-order valence-corrected chi connectivity index (χ0v) is 24.5. The van der Waals surface area contributed by atoms with Crippen LogP contribution >= 0.6 is 12.2 Å². The first kappa shape index (κ1) is 28.1. The van der Waals surface area contributed by atoms with Gasteiger partial charge in [0.2, 0.25) is 0 Å². The summed E-state index contributed by atoms with van der Waals surface area (Å²) in [4.78, 5) is 19.2. The zero-order chi connectivity index (χ0) is 29.9. The van der Waals surface area contributed by atoms with Crippen LogP contribution in [0.25, 0.3) is 5.69 Å². The number of aryl methyl sites for hydroxylation is 1. The predicted molar refractivity (Wildman–Crippen MR) is 170 cm³/mol. The van der Waals surface area contributed by atoms with Crippen LogP contribution in [0.5, 0.6) is 5.75 Å². The van der Waals surface area contributed by atoms with Gasteiger partial charge in [-0.05, 0) is 104 Å². The number of hydrogen-bond donors (Lipinski definition) is 2. The molecule has 9 heteroatoms. The van der Waals surface area contributed by atoms with Crippen LogP contribution in [0.3, 0.4) is 0 Å². The van der Waals surface area contributed by atoms with Crippen molar-refractivity contribution in [2.75, 3.05) is 16.8 Å². The molecule has 216 valence electrons. The Morgan fingerprint density at radius 3 is 2.44 bits per heavy atom. The molecule has 2 N–H and O–H groups in total. The molecule has 1 amide bonds. The van der Waals surface area contributed by atoms with E-state index in [-0.39, 0.29) is 30.4 Å². The molecule has 0 unspecified atom stereocenters. The van der Waals surface area contributed by atoms with Crippen molar-refractivity contribution in [3.05, 3.63) is 138 Å². The smallest absolute Gasteiger partial charge is 0.262 e. The SMILES string of the molecule is Cc1cc([C@@H]2[C@H](c3ccccn3)NC(=S)N2c2ccc(NC(=O)COc3ccccc3)cc2)c(C)n1-c1cccc(F)c1. The molecule has 2 aromatic heterocycles. The molecule has 1 aliphatic heterocycles. The Labute approximate surface area is 255 Å². The molecule has 1 aliphatic rings. The topological polar surface area (TPSA) is 71.4 Å². The van der Waals surface area contributed by atoms with E-state index < -0.39 is 0 Å². The summed E-state index contributed by atoms with van der Waals surface area (Å²) in [7, 11) is 0. The number of carbonyl (C=O) groups is 1. The first-order chi connectivity index (χ1) is 20.9. The van der Waals surface area contributed by atoms with Crippen LogP contribution in [-0.4, -0.2) is 27.2 Å². The minimum Gasteiger partial charge on any atom is -0.484 e. The van der Waals surface area contributed by atoms with E-state index in [9.17, 15) is 9.18 Å². The van der Waals surface area contributed by atoms with Gasteiger partial charge in [0.05, 0.1) is 17.8 Å². The molecule has 5 aromatic rings. The van der Waals surface area contributed by atoms with Gasteiger partial charge in [0.1, 0.15) is 11.6 Å². The maximum atomic E-state index is 14.2. The Morgan fingerprint density at radius 1 is 0.953 bits per heavy atom. The second-order valence-corrected chi connectivity index (χ2v) is 10.7. The van der Waals surface area contributed by atoms with Gasteiger partial charge in [0.25, 0.3) is 5.91 Å². The third-order valence-electron chi connectivity index (χ3n) is 7.50. The van der Waals surface area contributed by atoms with Gasteiger partial charge in [0, 0.05) is 34.6 Å². The summed E-state index contributed by atoms with van der Waals surface area (Å²) in [5.74, 6) is 0.0863. The number of pyridine rings is 1. The van der Waals surface area contributed by atoms with Crippen LogP contribution in [0.15, 0.2) is 109 Å². The van der Waals surface area contributed by atoms with Crippen molar-refractivity contribution in [1.82, 2.24) is 14.9 Å². The van der Waals surface area contributed by atoms with Crippen LogP contribution in [0, 0.1) is 19.7 Å². The van der Waals surface area contributed by atoms with Crippen molar-refractivity contribution in [3.8, 4) is 11.4 Å². The van der Waals surface area contributed by atoms with Gasteiger partial charge in [-0.2, -0.15) is 0 Å². The number of anilines is 2. The first-order valence-electron chi connectivity index (χ1n) is 13.9. The number of nitrogens with zero attached hydrogens (tertiary/aromatic N) is 3. The molecule has 3 aromatic carbocycles. The molecule has 1 fully saturated rings. The Morgan fingerprint density at radius 2 is 1.72 bits per heavy atom. The van der Waals surface area contributed by atoms with Crippen LogP contribution in [-0.2, 0) is 4.79 Å². The van der Waals surface area contributed by atoms with Gasteiger partial charge in [-0.25, -0.2) is 4.39 Å². The van der Waals surface area contributed by atoms with Crippen molar-refractivity contribution in [2.24, 2.45) is 0 Å². The third-order valence-corrected chi connectivity index (χ3v) is 7.81. The van der Waals surface area contributed by atoms with Crippen molar-refractivity contribution in [3.63, 3.8) is 0 Å². The number of hydrogen-bond acceptors (Lipinski definition) is 4. The largest absolute Gasteiger partial charge is 0.484 e. The van der Waals surface area contributed by atoms with Gasteiger partial charge >= 0.3 is 0 Å². The Balaban J connectivity index is 1.31. The summed E-state index contributed by atoms with van der Waals surface area (Å²) in [5.41, 5.74) is 6.11. The molecule has 0 radical (unpaired) electrons. The maximum absolute atomic E-state index is 14.2. The highest BCUT2D eigenvalue weighted by Gasteiger charge is 2.42. The minimum absolute atomic E-state index is 0.0966. The first-order valence-corrected chi connectivity index (χ1v) is 14.3. The monoisotopic (exact) mass is 591 g/mol.